The Balaban J connectivity index is 1.37. The van der Waals surface area contributed by atoms with E-state index in [1.165, 1.54) is 44.2 Å². The molecule has 0 aromatic heterocycles. The number of nitriles is 1. The highest BCUT2D eigenvalue weighted by Gasteiger charge is 2.31. The first-order valence-corrected chi connectivity index (χ1v) is 11.5. The van der Waals surface area contributed by atoms with E-state index in [-0.39, 0.29) is 5.75 Å². The van der Waals surface area contributed by atoms with Gasteiger partial charge in [0.1, 0.15) is 5.75 Å². The smallest absolute Gasteiger partial charge is 0.406 e. The maximum Gasteiger partial charge on any atom is 0.573 e. The fourth-order valence-corrected chi connectivity index (χ4v) is 5.04. The molecule has 1 aromatic carbocycles. The second-order valence-corrected chi connectivity index (χ2v) is 9.00. The quantitative estimate of drug-likeness (QED) is 0.323. The van der Waals surface area contributed by atoms with Crippen LogP contribution in [0.1, 0.15) is 75.7 Å². The highest BCUT2D eigenvalue weighted by atomic mass is 19.4. The van der Waals surface area contributed by atoms with Crippen LogP contribution in [0, 0.1) is 29.1 Å². The largest absolute Gasteiger partial charge is 0.573 e. The molecule has 31 heavy (non-hydrogen) atoms. The van der Waals surface area contributed by atoms with Crippen LogP contribution in [0.3, 0.4) is 0 Å². The van der Waals surface area contributed by atoms with Gasteiger partial charge in [-0.2, -0.15) is 5.26 Å². The number of allylic oxidation sites excluding steroid dienone is 4. The van der Waals surface area contributed by atoms with Gasteiger partial charge in [-0.25, -0.2) is 0 Å². The Morgan fingerprint density at radius 1 is 0.903 bits per heavy atom. The van der Waals surface area contributed by atoms with E-state index in [1.807, 2.05) is 12.1 Å². The molecular formula is C26H32F3NO. The first-order chi connectivity index (χ1) is 14.9. The Hall–Kier alpha value is -2.22. The van der Waals surface area contributed by atoms with E-state index >= 15 is 0 Å². The highest BCUT2D eigenvalue weighted by Crippen LogP contribution is 2.38. The molecule has 1 aromatic rings. The lowest BCUT2D eigenvalue weighted by Gasteiger charge is -2.29. The standard InChI is InChI=1S/C26H32F3NO/c27-26(28,29)31-25-17-15-24(16-18-25)23-13-11-22(12-14-23)10-9-21-7-5-20(6-8-21)4-2-1-3-19-30/h1,3,9-10,15-18,20-23H,2,4-8,11-14H2/t20-,21-,22-,23-. The van der Waals surface area contributed by atoms with Crippen molar-refractivity contribution >= 4 is 0 Å². The van der Waals surface area contributed by atoms with Gasteiger partial charge in [0, 0.05) is 6.08 Å². The van der Waals surface area contributed by atoms with Gasteiger partial charge in [-0.15, -0.1) is 13.2 Å². The summed E-state index contributed by atoms with van der Waals surface area (Å²) in [4.78, 5) is 0. The topological polar surface area (TPSA) is 33.0 Å². The molecule has 2 nitrogen and oxygen atoms in total. The summed E-state index contributed by atoms with van der Waals surface area (Å²) in [5.74, 6) is 2.40. The molecule has 168 valence electrons. The summed E-state index contributed by atoms with van der Waals surface area (Å²) in [6.07, 6.45) is 15.6. The molecule has 3 rings (SSSR count). The van der Waals surface area contributed by atoms with Crippen molar-refractivity contribution in [3.8, 4) is 11.8 Å². The number of alkyl halides is 3. The number of hydrogen-bond acceptors (Lipinski definition) is 2. The molecule has 0 spiro atoms. The number of rotatable bonds is 7. The van der Waals surface area contributed by atoms with E-state index in [1.54, 1.807) is 18.2 Å². The first-order valence-electron chi connectivity index (χ1n) is 11.5. The summed E-state index contributed by atoms with van der Waals surface area (Å²) in [5, 5.41) is 8.54. The van der Waals surface area contributed by atoms with Crippen molar-refractivity contribution in [1.82, 2.24) is 0 Å². The van der Waals surface area contributed by atoms with Crippen LogP contribution in [0.5, 0.6) is 5.75 Å². The number of nitrogens with zero attached hydrogens (tertiary/aromatic N) is 1. The maximum absolute atomic E-state index is 12.3. The van der Waals surface area contributed by atoms with E-state index in [9.17, 15) is 13.2 Å². The van der Waals surface area contributed by atoms with Gasteiger partial charge in [0.2, 0.25) is 0 Å². The maximum atomic E-state index is 12.3. The second-order valence-electron chi connectivity index (χ2n) is 9.00. The molecule has 0 radical (unpaired) electrons. The molecular weight excluding hydrogens is 399 g/mol. The zero-order chi connectivity index (χ0) is 22.1. The van der Waals surface area contributed by atoms with Crippen LogP contribution in [0.4, 0.5) is 13.2 Å². The number of hydrogen-bond donors (Lipinski definition) is 0. The van der Waals surface area contributed by atoms with Crippen molar-refractivity contribution in [2.45, 2.75) is 76.5 Å². The fourth-order valence-electron chi connectivity index (χ4n) is 5.04. The summed E-state index contributed by atoms with van der Waals surface area (Å²) in [6, 6.07) is 8.44. The van der Waals surface area contributed by atoms with Crippen molar-refractivity contribution in [1.29, 1.82) is 5.26 Å². The van der Waals surface area contributed by atoms with Crippen molar-refractivity contribution in [3.63, 3.8) is 0 Å². The summed E-state index contributed by atoms with van der Waals surface area (Å²) < 4.78 is 40.9. The number of benzene rings is 1. The van der Waals surface area contributed by atoms with E-state index < -0.39 is 6.36 Å². The van der Waals surface area contributed by atoms with Crippen LogP contribution < -0.4 is 4.74 Å². The first kappa shape index (κ1) is 23.4. The third kappa shape index (κ3) is 8.09. The van der Waals surface area contributed by atoms with Crippen LogP contribution in [-0.2, 0) is 0 Å². The van der Waals surface area contributed by atoms with E-state index in [0.717, 1.165) is 43.6 Å². The van der Waals surface area contributed by atoms with Crippen LogP contribution in [0.15, 0.2) is 48.6 Å². The zero-order valence-electron chi connectivity index (χ0n) is 18.0. The summed E-state index contributed by atoms with van der Waals surface area (Å²) >= 11 is 0. The van der Waals surface area contributed by atoms with Gasteiger partial charge in [-0.05, 0) is 106 Å². The minimum atomic E-state index is -4.64. The summed E-state index contributed by atoms with van der Waals surface area (Å²) in [7, 11) is 0. The molecule has 0 amide bonds. The second kappa shape index (κ2) is 11.4. The van der Waals surface area contributed by atoms with Gasteiger partial charge in [-0.1, -0.05) is 30.4 Å². The Labute approximate surface area is 183 Å². The lowest BCUT2D eigenvalue weighted by Crippen LogP contribution is -2.17. The third-order valence-corrected chi connectivity index (χ3v) is 6.84. The molecule has 2 fully saturated rings. The van der Waals surface area contributed by atoms with Crippen LogP contribution >= 0.6 is 0 Å². The molecule has 0 unspecified atom stereocenters. The van der Waals surface area contributed by atoms with Gasteiger partial charge in [0.25, 0.3) is 0 Å². The lowest BCUT2D eigenvalue weighted by molar-refractivity contribution is -0.274. The lowest BCUT2D eigenvalue weighted by atomic mass is 9.77. The predicted molar refractivity (Wildman–Crippen MR) is 116 cm³/mol. The zero-order valence-corrected chi connectivity index (χ0v) is 18.0. The molecule has 2 saturated carbocycles. The third-order valence-electron chi connectivity index (χ3n) is 6.84. The van der Waals surface area contributed by atoms with Gasteiger partial charge in [0.15, 0.2) is 0 Å². The van der Waals surface area contributed by atoms with Gasteiger partial charge in [0.05, 0.1) is 6.07 Å². The van der Waals surface area contributed by atoms with Crippen molar-refractivity contribution < 1.29 is 17.9 Å². The van der Waals surface area contributed by atoms with Crippen molar-refractivity contribution in [2.24, 2.45) is 17.8 Å². The Bertz CT molecular complexity index is 759. The van der Waals surface area contributed by atoms with Gasteiger partial charge >= 0.3 is 6.36 Å². The fraction of sp³-hybridized carbons (Fsp3) is 0.577. The summed E-state index contributed by atoms with van der Waals surface area (Å²) in [6.45, 7) is 0. The average molecular weight is 432 g/mol. The Morgan fingerprint density at radius 3 is 2.03 bits per heavy atom. The SMILES string of the molecule is N#CC=CCC[C@H]1CC[C@H](C=C[C@H]2CC[C@H](c3ccc(OC(F)(F)F)cc3)CC2)CC1. The molecule has 5 heteroatoms. The number of halogens is 3. The van der Waals surface area contributed by atoms with Gasteiger partial charge in [-0.3, -0.25) is 0 Å². The molecule has 0 saturated heterocycles. The Kier molecular flexibility index (Phi) is 8.63. The minimum absolute atomic E-state index is 0.152. The van der Waals surface area contributed by atoms with Crippen LogP contribution in [0.2, 0.25) is 0 Å². The average Bonchev–Trinajstić information content (AvgIpc) is 2.76. The highest BCUT2D eigenvalue weighted by molar-refractivity contribution is 5.30. The molecule has 0 atom stereocenters. The van der Waals surface area contributed by atoms with Crippen molar-refractivity contribution in [2.75, 3.05) is 0 Å². The van der Waals surface area contributed by atoms with E-state index in [2.05, 4.69) is 16.9 Å². The minimum Gasteiger partial charge on any atom is -0.406 e. The molecule has 2 aliphatic carbocycles. The monoisotopic (exact) mass is 431 g/mol. The molecule has 0 aliphatic heterocycles. The van der Waals surface area contributed by atoms with E-state index in [4.69, 9.17) is 5.26 Å². The van der Waals surface area contributed by atoms with Crippen LogP contribution in [0.25, 0.3) is 0 Å². The van der Waals surface area contributed by atoms with Crippen molar-refractivity contribution in [3.05, 3.63) is 54.1 Å². The normalized spacial score (nSPS) is 27.4. The molecule has 0 N–H and O–H groups in total. The predicted octanol–water partition coefficient (Wildman–Crippen LogP) is 8.08. The van der Waals surface area contributed by atoms with Crippen LogP contribution in [-0.4, -0.2) is 6.36 Å². The molecule has 0 bridgehead atoms. The molecule has 0 heterocycles. The molecule has 2 aliphatic rings. The number of ether oxygens (including phenoxy) is 1. The van der Waals surface area contributed by atoms with E-state index in [0.29, 0.717) is 17.8 Å². The van der Waals surface area contributed by atoms with Gasteiger partial charge < -0.3 is 4.74 Å². The Morgan fingerprint density at radius 2 is 1.48 bits per heavy atom. The summed E-state index contributed by atoms with van der Waals surface area (Å²) in [5.41, 5.74) is 1.11.